The van der Waals surface area contributed by atoms with Crippen LogP contribution in [0.3, 0.4) is 0 Å². The van der Waals surface area contributed by atoms with Crippen LogP contribution in [0.4, 0.5) is 0 Å². The van der Waals surface area contributed by atoms with Crippen molar-refractivity contribution in [3.63, 3.8) is 0 Å². The minimum absolute atomic E-state index is 0. The number of imidazole rings is 1. The molecule has 0 spiro atoms. The quantitative estimate of drug-likeness (QED) is 0.158. The molecule has 0 saturated heterocycles. The first-order chi connectivity index (χ1) is 26.7. The second kappa shape index (κ2) is 12.9. The van der Waals surface area contributed by atoms with Crippen LogP contribution in [0.2, 0.25) is 0 Å². The van der Waals surface area contributed by atoms with E-state index in [2.05, 4.69) is 209 Å². The van der Waals surface area contributed by atoms with Crippen molar-refractivity contribution in [2.24, 2.45) is 7.05 Å². The second-order valence-corrected chi connectivity index (χ2v) is 14.1. The summed E-state index contributed by atoms with van der Waals surface area (Å²) in [4.78, 5) is 4.99. The maximum Gasteiger partial charge on any atom is 0.188 e. The zero-order valence-corrected chi connectivity index (χ0v) is 32.2. The summed E-state index contributed by atoms with van der Waals surface area (Å²) in [7, 11) is 2.10. The van der Waals surface area contributed by atoms with Gasteiger partial charge in [-0.3, -0.25) is 0 Å². The Balaban J connectivity index is 0.00000372. The van der Waals surface area contributed by atoms with Gasteiger partial charge in [0.2, 0.25) is 0 Å². The monoisotopic (exact) mass is 884 g/mol. The Morgan fingerprint density at radius 3 is 1.98 bits per heavy atom. The van der Waals surface area contributed by atoms with Crippen molar-refractivity contribution in [1.29, 1.82) is 0 Å². The molecule has 0 bridgehead atoms. The molecule has 0 aliphatic heterocycles. The van der Waals surface area contributed by atoms with Crippen LogP contribution in [0, 0.1) is 12.1 Å². The van der Waals surface area contributed by atoms with Gasteiger partial charge in [0, 0.05) is 63.1 Å². The SMILES string of the molecule is Cn1[cH+]n(-c2[c-]c(C3(c4[c-]c5c(cc4)c4ccccc4n5-c4cc(-c5ccccc5)ccn4)c4ccccc4-c4ccccc43)ccc2)c2ccccc21.[Pt]. The summed E-state index contributed by atoms with van der Waals surface area (Å²) in [6.07, 6.45) is 4.06. The number of hydrogen-bond acceptors (Lipinski definition) is 1. The van der Waals surface area contributed by atoms with Gasteiger partial charge in [-0.1, -0.05) is 109 Å². The minimum Gasteiger partial charge on any atom is -0.319 e. The molecule has 10 aromatic rings. The fourth-order valence-corrected chi connectivity index (χ4v) is 8.93. The Labute approximate surface area is 333 Å². The fourth-order valence-electron chi connectivity index (χ4n) is 8.93. The number of benzene rings is 7. The average molecular weight is 885 g/mol. The van der Waals surface area contributed by atoms with E-state index in [1.54, 1.807) is 0 Å². The molecule has 0 unspecified atom stereocenters. The van der Waals surface area contributed by atoms with E-state index in [0.29, 0.717) is 0 Å². The molecule has 1 aliphatic rings. The number of hydrogen-bond donors (Lipinski definition) is 0. The van der Waals surface area contributed by atoms with E-state index in [1.165, 1.54) is 33.2 Å². The number of para-hydroxylation sites is 3. The number of aromatic nitrogens is 4. The number of fused-ring (bicyclic) bond motifs is 7. The predicted molar refractivity (Wildman–Crippen MR) is 219 cm³/mol. The molecule has 5 heteroatoms. The summed E-state index contributed by atoms with van der Waals surface area (Å²) in [5.41, 5.74) is 14.0. The molecule has 7 aromatic carbocycles. The predicted octanol–water partition coefficient (Wildman–Crippen LogP) is 11.4. The van der Waals surface area contributed by atoms with Crippen molar-refractivity contribution in [2.45, 2.75) is 5.41 Å². The van der Waals surface area contributed by atoms with Crippen molar-refractivity contribution in [3.05, 3.63) is 217 Å². The van der Waals surface area contributed by atoms with Crippen LogP contribution < -0.4 is 0 Å². The van der Waals surface area contributed by atoms with Gasteiger partial charge in [-0.2, -0.15) is 30.3 Å². The van der Waals surface area contributed by atoms with Crippen LogP contribution in [0.15, 0.2) is 182 Å². The number of aryl methyl sites for hydroxylation is 1. The van der Waals surface area contributed by atoms with Gasteiger partial charge in [0.15, 0.2) is 17.4 Å². The van der Waals surface area contributed by atoms with Crippen LogP contribution in [0.5, 0.6) is 0 Å². The van der Waals surface area contributed by atoms with E-state index in [9.17, 15) is 0 Å². The standard InChI is InChI=1S/C50H33N4.Pt/c1-52-33-53(47-25-12-11-24-46(47)52)38-17-13-16-36(31-38)50(43-21-8-5-18-39(43)40-19-6-9-22-44(40)50)37-26-27-42-41-20-7-10-23-45(41)54(48(42)32-37)49-30-35(28-29-51-49)34-14-3-2-4-15-34;/h2-30,33H,1H3;/q-1;. The molecule has 0 atom stereocenters. The van der Waals surface area contributed by atoms with Gasteiger partial charge < -0.3 is 4.57 Å². The molecule has 0 fully saturated rings. The maximum absolute atomic E-state index is 4.99. The number of rotatable bonds is 5. The zero-order valence-electron chi connectivity index (χ0n) is 29.9. The maximum atomic E-state index is 4.99. The van der Waals surface area contributed by atoms with E-state index in [4.69, 9.17) is 4.98 Å². The van der Waals surface area contributed by atoms with Crippen molar-refractivity contribution in [1.82, 2.24) is 18.7 Å². The van der Waals surface area contributed by atoms with E-state index in [1.807, 2.05) is 6.20 Å². The molecule has 3 heterocycles. The zero-order chi connectivity index (χ0) is 35.8. The fraction of sp³-hybridized carbons (Fsp3) is 0.0400. The van der Waals surface area contributed by atoms with Crippen LogP contribution >= 0.6 is 0 Å². The molecule has 4 nitrogen and oxygen atoms in total. The third kappa shape index (κ3) is 4.88. The Morgan fingerprint density at radius 2 is 1.20 bits per heavy atom. The van der Waals surface area contributed by atoms with Crippen LogP contribution in [0.1, 0.15) is 22.3 Å². The molecule has 55 heavy (non-hydrogen) atoms. The van der Waals surface area contributed by atoms with Gasteiger partial charge in [0.1, 0.15) is 5.82 Å². The molecule has 1 aliphatic carbocycles. The molecule has 264 valence electrons. The molecular formula is C50H33N4Pt-. The molecular weight excluding hydrogens is 852 g/mol. The van der Waals surface area contributed by atoms with Gasteiger partial charge in [-0.05, 0) is 69.1 Å². The van der Waals surface area contributed by atoms with Crippen molar-refractivity contribution < 1.29 is 21.1 Å². The van der Waals surface area contributed by atoms with Crippen LogP contribution in [-0.4, -0.2) is 18.7 Å². The molecule has 0 amide bonds. The van der Waals surface area contributed by atoms with Gasteiger partial charge in [-0.15, -0.1) is 22.6 Å². The smallest absolute Gasteiger partial charge is 0.188 e. The third-order valence-electron chi connectivity index (χ3n) is 11.3. The van der Waals surface area contributed by atoms with E-state index in [0.717, 1.165) is 55.7 Å². The summed E-state index contributed by atoms with van der Waals surface area (Å²) in [6.45, 7) is 0. The molecule has 0 saturated carbocycles. The molecule has 11 rings (SSSR count). The summed E-state index contributed by atoms with van der Waals surface area (Å²) >= 11 is 0. The number of nitrogens with zero attached hydrogens (tertiary/aromatic N) is 4. The van der Waals surface area contributed by atoms with E-state index in [-0.39, 0.29) is 21.1 Å². The summed E-state index contributed by atoms with van der Waals surface area (Å²) in [5, 5.41) is 2.31. The average Bonchev–Trinajstić information content (AvgIpc) is 3.87. The van der Waals surface area contributed by atoms with Crippen molar-refractivity contribution >= 4 is 32.8 Å². The molecule has 0 N–H and O–H groups in total. The first-order valence-electron chi connectivity index (χ1n) is 18.4. The van der Waals surface area contributed by atoms with E-state index < -0.39 is 5.41 Å². The van der Waals surface area contributed by atoms with Crippen molar-refractivity contribution in [3.8, 4) is 33.8 Å². The van der Waals surface area contributed by atoms with Gasteiger partial charge in [-0.25, -0.2) is 14.1 Å². The van der Waals surface area contributed by atoms with Crippen LogP contribution in [0.25, 0.3) is 66.6 Å². The molecule has 0 radical (unpaired) electrons. The van der Waals surface area contributed by atoms with E-state index >= 15 is 0 Å². The molecule has 3 aromatic heterocycles. The number of pyridine rings is 1. The Hall–Kier alpha value is -6.35. The summed E-state index contributed by atoms with van der Waals surface area (Å²) in [6, 6.07) is 68.9. The van der Waals surface area contributed by atoms with Gasteiger partial charge in [0.05, 0.1) is 0 Å². The normalized spacial score (nSPS) is 12.8. The first-order valence-corrected chi connectivity index (χ1v) is 18.4. The Bertz CT molecular complexity index is 3040. The topological polar surface area (TPSA) is 27.7 Å². The Morgan fingerprint density at radius 1 is 0.545 bits per heavy atom. The van der Waals surface area contributed by atoms with Crippen LogP contribution in [-0.2, 0) is 33.5 Å². The van der Waals surface area contributed by atoms with Gasteiger partial charge >= 0.3 is 0 Å². The first kappa shape index (κ1) is 33.2. The largest absolute Gasteiger partial charge is 0.319 e. The minimum atomic E-state index is -0.691. The summed E-state index contributed by atoms with van der Waals surface area (Å²) < 4.78 is 6.70. The summed E-state index contributed by atoms with van der Waals surface area (Å²) in [5.74, 6) is 0.859. The van der Waals surface area contributed by atoms with Gasteiger partial charge in [0.25, 0.3) is 0 Å². The second-order valence-electron chi connectivity index (χ2n) is 14.1. The Kier molecular flexibility index (Phi) is 7.80. The third-order valence-corrected chi connectivity index (χ3v) is 11.3. The van der Waals surface area contributed by atoms with Crippen molar-refractivity contribution in [2.75, 3.05) is 0 Å².